The van der Waals surface area contributed by atoms with E-state index in [1.807, 2.05) is 0 Å². The molecule has 3 rings (SSSR count). The lowest BCUT2D eigenvalue weighted by Gasteiger charge is -2.12. The molecule has 0 bridgehead atoms. The van der Waals surface area contributed by atoms with Crippen molar-refractivity contribution in [3.63, 3.8) is 0 Å². The highest BCUT2D eigenvalue weighted by molar-refractivity contribution is 6.08. The molecule has 0 spiro atoms. The normalized spacial score (nSPS) is 10.7. The molecule has 8 heteroatoms. The Morgan fingerprint density at radius 1 is 1.00 bits per heavy atom. The Balaban J connectivity index is 1.97. The maximum atomic E-state index is 12.5. The topological polar surface area (TPSA) is 132 Å². The fraction of sp³-hybridized carbons (Fsp3) is 0.0588. The Hall–Kier alpha value is -3.68. The summed E-state index contributed by atoms with van der Waals surface area (Å²) in [6.07, 6.45) is 0. The van der Waals surface area contributed by atoms with E-state index in [1.54, 1.807) is 12.1 Å². The van der Waals surface area contributed by atoms with E-state index in [-0.39, 0.29) is 39.1 Å². The van der Waals surface area contributed by atoms with E-state index in [0.29, 0.717) is 5.56 Å². The van der Waals surface area contributed by atoms with Crippen LogP contribution in [-0.2, 0) is 6.54 Å². The zero-order valence-corrected chi connectivity index (χ0v) is 12.8. The first-order valence-electron chi connectivity index (χ1n) is 7.25. The molecule has 8 nitrogen and oxygen atoms in total. The molecule has 128 valence electrons. The number of rotatable bonds is 3. The number of fused-ring (bicyclic) bond motifs is 1. The zero-order chi connectivity index (χ0) is 18.1. The van der Waals surface area contributed by atoms with Crippen LogP contribution in [0.5, 0.6) is 17.4 Å². The van der Waals surface area contributed by atoms with Gasteiger partial charge >= 0.3 is 0 Å². The fourth-order valence-electron chi connectivity index (χ4n) is 2.50. The second-order valence-corrected chi connectivity index (χ2v) is 5.37. The van der Waals surface area contributed by atoms with Crippen LogP contribution in [0, 0.1) is 0 Å². The molecule has 0 radical (unpaired) electrons. The molecule has 0 saturated heterocycles. The molecule has 5 N–H and O–H groups in total. The van der Waals surface area contributed by atoms with E-state index in [4.69, 9.17) is 0 Å². The third kappa shape index (κ3) is 2.80. The van der Waals surface area contributed by atoms with Crippen molar-refractivity contribution >= 4 is 16.7 Å². The molecule has 0 aliphatic heterocycles. The van der Waals surface area contributed by atoms with Gasteiger partial charge in [0.1, 0.15) is 5.56 Å². The zero-order valence-electron chi connectivity index (χ0n) is 12.8. The number of pyridine rings is 1. The number of hydrogen-bond donors (Lipinski definition) is 5. The predicted octanol–water partition coefficient (Wildman–Crippen LogP) is 1.29. The van der Waals surface area contributed by atoms with Gasteiger partial charge < -0.3 is 25.8 Å². The maximum absolute atomic E-state index is 12.5. The van der Waals surface area contributed by atoms with Crippen LogP contribution in [0.15, 0.2) is 47.3 Å². The lowest BCUT2D eigenvalue weighted by Crippen LogP contribution is -2.27. The van der Waals surface area contributed by atoms with Gasteiger partial charge in [-0.05, 0) is 23.8 Å². The summed E-state index contributed by atoms with van der Waals surface area (Å²) in [5.74, 6) is -2.20. The summed E-state index contributed by atoms with van der Waals surface area (Å²) in [5.41, 5.74) is -0.585. The molecule has 25 heavy (non-hydrogen) atoms. The number of aromatic nitrogens is 1. The molecule has 0 aliphatic carbocycles. The van der Waals surface area contributed by atoms with Crippen molar-refractivity contribution in [1.82, 2.24) is 10.0 Å². The highest BCUT2D eigenvalue weighted by Gasteiger charge is 2.21. The van der Waals surface area contributed by atoms with Gasteiger partial charge in [0, 0.05) is 11.9 Å². The molecule has 0 atom stereocenters. The van der Waals surface area contributed by atoms with Gasteiger partial charge in [-0.15, -0.1) is 4.73 Å². The first-order chi connectivity index (χ1) is 11.9. The third-order valence-corrected chi connectivity index (χ3v) is 3.76. The summed E-state index contributed by atoms with van der Waals surface area (Å²) in [4.78, 5) is 24.4. The summed E-state index contributed by atoms with van der Waals surface area (Å²) in [6, 6.07) is 10.1. The van der Waals surface area contributed by atoms with Crippen LogP contribution in [0.4, 0.5) is 0 Å². The van der Waals surface area contributed by atoms with Crippen molar-refractivity contribution in [1.29, 1.82) is 0 Å². The fourth-order valence-corrected chi connectivity index (χ4v) is 2.50. The maximum Gasteiger partial charge on any atom is 0.294 e. The number of carbonyl (C=O) groups excluding carboxylic acids is 1. The Labute approximate surface area is 140 Å². The first kappa shape index (κ1) is 16.2. The van der Waals surface area contributed by atoms with Crippen molar-refractivity contribution < 1.29 is 25.3 Å². The minimum absolute atomic E-state index is 0.00893. The summed E-state index contributed by atoms with van der Waals surface area (Å²) in [6.45, 7) is -0.00893. The van der Waals surface area contributed by atoms with E-state index in [0.717, 1.165) is 0 Å². The molecule has 1 aromatic heterocycles. The summed E-state index contributed by atoms with van der Waals surface area (Å²) in [7, 11) is 0. The average Bonchev–Trinajstić information content (AvgIpc) is 2.61. The van der Waals surface area contributed by atoms with Gasteiger partial charge in [-0.3, -0.25) is 9.59 Å². The summed E-state index contributed by atoms with van der Waals surface area (Å²) in [5, 5.41) is 41.2. The molecule has 1 heterocycles. The van der Waals surface area contributed by atoms with Gasteiger partial charge in [0.05, 0.1) is 5.39 Å². The largest absolute Gasteiger partial charge is 0.504 e. The molecule has 3 aromatic rings. The van der Waals surface area contributed by atoms with Crippen molar-refractivity contribution in [2.45, 2.75) is 6.54 Å². The Kier molecular flexibility index (Phi) is 3.94. The summed E-state index contributed by atoms with van der Waals surface area (Å²) < 4.78 is 0.0175. The van der Waals surface area contributed by atoms with Crippen LogP contribution in [-0.4, -0.2) is 31.2 Å². The number of phenols is 2. The van der Waals surface area contributed by atoms with Crippen LogP contribution < -0.4 is 10.9 Å². The van der Waals surface area contributed by atoms with E-state index in [1.165, 1.54) is 30.3 Å². The number of carbonyl (C=O) groups is 1. The van der Waals surface area contributed by atoms with Crippen LogP contribution in [0.25, 0.3) is 10.8 Å². The van der Waals surface area contributed by atoms with Crippen molar-refractivity contribution in [3.05, 3.63) is 63.9 Å². The second kappa shape index (κ2) is 6.08. The Morgan fingerprint density at radius 2 is 1.68 bits per heavy atom. The van der Waals surface area contributed by atoms with E-state index in [2.05, 4.69) is 5.32 Å². The van der Waals surface area contributed by atoms with Gasteiger partial charge in [-0.25, -0.2) is 0 Å². The minimum atomic E-state index is -0.866. The molecule has 0 unspecified atom stereocenters. The number of nitrogens with zero attached hydrogens (tertiary/aromatic N) is 1. The predicted molar refractivity (Wildman–Crippen MR) is 88.0 cm³/mol. The Morgan fingerprint density at radius 3 is 2.36 bits per heavy atom. The molecule has 0 aliphatic rings. The quantitative estimate of drug-likeness (QED) is 0.360. The van der Waals surface area contributed by atoms with Crippen LogP contribution in [0.1, 0.15) is 15.9 Å². The van der Waals surface area contributed by atoms with Crippen LogP contribution >= 0.6 is 0 Å². The molecule has 1 amide bonds. The molecular weight excluding hydrogens is 328 g/mol. The molecule has 0 saturated carbocycles. The lowest BCUT2D eigenvalue weighted by atomic mass is 10.1. The highest BCUT2D eigenvalue weighted by Crippen LogP contribution is 2.26. The van der Waals surface area contributed by atoms with E-state index >= 15 is 0 Å². The second-order valence-electron chi connectivity index (χ2n) is 5.37. The van der Waals surface area contributed by atoms with Crippen molar-refractivity contribution in [2.24, 2.45) is 0 Å². The molecule has 2 aromatic carbocycles. The number of benzene rings is 2. The highest BCUT2D eigenvalue weighted by atomic mass is 16.5. The number of phenolic OH excluding ortho intramolecular Hbond substituents is 2. The van der Waals surface area contributed by atoms with Crippen LogP contribution in [0.3, 0.4) is 0 Å². The van der Waals surface area contributed by atoms with Gasteiger partial charge in [-0.1, -0.05) is 24.3 Å². The van der Waals surface area contributed by atoms with Crippen molar-refractivity contribution in [3.8, 4) is 17.4 Å². The van der Waals surface area contributed by atoms with Gasteiger partial charge in [0.25, 0.3) is 11.5 Å². The molecular formula is C17H14N2O6. The number of nitrogens with one attached hydrogen (secondary N) is 1. The van der Waals surface area contributed by atoms with E-state index < -0.39 is 17.3 Å². The lowest BCUT2D eigenvalue weighted by molar-refractivity contribution is 0.0934. The number of hydrogen-bond acceptors (Lipinski definition) is 6. The minimum Gasteiger partial charge on any atom is -0.504 e. The monoisotopic (exact) mass is 342 g/mol. The Bertz CT molecular complexity index is 1040. The average molecular weight is 342 g/mol. The number of aromatic hydroxyl groups is 3. The summed E-state index contributed by atoms with van der Waals surface area (Å²) >= 11 is 0. The smallest absolute Gasteiger partial charge is 0.294 e. The van der Waals surface area contributed by atoms with Gasteiger partial charge in [-0.2, -0.15) is 0 Å². The number of amides is 1. The van der Waals surface area contributed by atoms with Crippen LogP contribution in [0.2, 0.25) is 0 Å². The first-order valence-corrected chi connectivity index (χ1v) is 7.25. The van der Waals surface area contributed by atoms with E-state index in [9.17, 15) is 30.1 Å². The standard InChI is InChI=1S/C17H14N2O6/c20-12-6-5-9(7-13(12)21)8-18-15(22)14-10-3-1-2-4-11(10)16(23)19(25)17(14)24/h1-7,20-21,24-25H,8H2,(H,18,22). The SMILES string of the molecule is O=C(NCc1ccc(O)c(O)c1)c1c(O)n(O)c(=O)c2ccccc12. The van der Waals surface area contributed by atoms with Crippen molar-refractivity contribution in [2.75, 3.05) is 0 Å². The van der Waals surface area contributed by atoms with Gasteiger partial charge in [0.15, 0.2) is 11.5 Å². The van der Waals surface area contributed by atoms with Gasteiger partial charge in [0.2, 0.25) is 5.88 Å². The third-order valence-electron chi connectivity index (χ3n) is 3.76. The molecule has 0 fully saturated rings.